The maximum absolute atomic E-state index is 5.52. The molecule has 0 fully saturated rings. The molecule has 0 aliphatic heterocycles. The summed E-state index contributed by atoms with van der Waals surface area (Å²) < 4.78 is 5.52. The van der Waals surface area contributed by atoms with Crippen LogP contribution in [0.25, 0.3) is 10.9 Å². The zero-order valence-corrected chi connectivity index (χ0v) is 11.2. The van der Waals surface area contributed by atoms with Crippen molar-refractivity contribution in [2.24, 2.45) is 5.92 Å². The van der Waals surface area contributed by atoms with Crippen molar-refractivity contribution in [3.05, 3.63) is 36.0 Å². The van der Waals surface area contributed by atoms with Crippen LogP contribution in [0.3, 0.4) is 0 Å². The Morgan fingerprint density at radius 2 is 2.17 bits per heavy atom. The van der Waals surface area contributed by atoms with Gasteiger partial charge < -0.3 is 15.0 Å². The van der Waals surface area contributed by atoms with Gasteiger partial charge in [0.1, 0.15) is 0 Å². The van der Waals surface area contributed by atoms with Gasteiger partial charge in [-0.1, -0.05) is 19.9 Å². The second-order valence-electron chi connectivity index (χ2n) is 5.04. The van der Waals surface area contributed by atoms with Crippen LogP contribution in [0, 0.1) is 5.92 Å². The lowest BCUT2D eigenvalue weighted by Gasteiger charge is -2.08. The number of rotatable bonds is 7. The van der Waals surface area contributed by atoms with E-state index in [0.717, 1.165) is 26.3 Å². The molecule has 0 atom stereocenters. The molecular weight excluding hydrogens is 224 g/mol. The second kappa shape index (κ2) is 6.57. The van der Waals surface area contributed by atoms with Crippen LogP contribution >= 0.6 is 0 Å². The van der Waals surface area contributed by atoms with E-state index in [-0.39, 0.29) is 0 Å². The summed E-state index contributed by atoms with van der Waals surface area (Å²) in [5.41, 5.74) is 2.50. The van der Waals surface area contributed by atoms with Gasteiger partial charge in [-0.05, 0) is 35.1 Å². The quantitative estimate of drug-likeness (QED) is 0.737. The maximum atomic E-state index is 5.52. The van der Waals surface area contributed by atoms with Crippen molar-refractivity contribution >= 4 is 10.9 Å². The zero-order valence-electron chi connectivity index (χ0n) is 11.2. The highest BCUT2D eigenvalue weighted by Gasteiger charge is 1.97. The molecule has 3 nitrogen and oxygen atoms in total. The molecule has 0 aliphatic rings. The van der Waals surface area contributed by atoms with Crippen molar-refractivity contribution in [1.82, 2.24) is 10.3 Å². The Balaban J connectivity index is 1.70. The molecule has 0 spiro atoms. The van der Waals surface area contributed by atoms with Crippen molar-refractivity contribution in [3.8, 4) is 0 Å². The number of hydrogen-bond acceptors (Lipinski definition) is 2. The monoisotopic (exact) mass is 246 g/mol. The van der Waals surface area contributed by atoms with Gasteiger partial charge in [-0.3, -0.25) is 0 Å². The Labute approximate surface area is 109 Å². The molecule has 0 amide bonds. The number of fused-ring (bicyclic) bond motifs is 1. The second-order valence-corrected chi connectivity index (χ2v) is 5.04. The average molecular weight is 246 g/mol. The summed E-state index contributed by atoms with van der Waals surface area (Å²) >= 11 is 0. The Morgan fingerprint density at radius 1 is 1.28 bits per heavy atom. The molecule has 3 heteroatoms. The lowest BCUT2D eigenvalue weighted by atomic mass is 10.1. The fraction of sp³-hybridized carbons (Fsp3) is 0.467. The van der Waals surface area contributed by atoms with Gasteiger partial charge in [0.25, 0.3) is 0 Å². The minimum absolute atomic E-state index is 0.612. The van der Waals surface area contributed by atoms with Crippen LogP contribution in [-0.4, -0.2) is 24.7 Å². The fourth-order valence-electron chi connectivity index (χ4n) is 1.91. The summed E-state index contributed by atoms with van der Waals surface area (Å²) in [6.07, 6.45) is 1.97. The highest BCUT2D eigenvalue weighted by molar-refractivity contribution is 5.79. The molecule has 98 valence electrons. The minimum atomic E-state index is 0.612. The summed E-state index contributed by atoms with van der Waals surface area (Å²) in [6.45, 7) is 7.75. The first kappa shape index (κ1) is 13.1. The number of ether oxygens (including phenoxy) is 1. The molecule has 2 aromatic rings. The largest absolute Gasteiger partial charge is 0.380 e. The number of H-pyrrole nitrogens is 1. The van der Waals surface area contributed by atoms with Gasteiger partial charge in [-0.2, -0.15) is 0 Å². The van der Waals surface area contributed by atoms with Crippen molar-refractivity contribution in [2.75, 3.05) is 19.8 Å². The molecule has 2 rings (SSSR count). The summed E-state index contributed by atoms with van der Waals surface area (Å²) in [5, 5.41) is 4.67. The molecule has 18 heavy (non-hydrogen) atoms. The standard InChI is InChI=1S/C15H22N2O/c1-12(2)11-18-8-7-16-10-13-3-4-15-14(9-13)5-6-17-15/h3-6,9,12,16-17H,7-8,10-11H2,1-2H3. The third-order valence-electron chi connectivity index (χ3n) is 2.82. The molecule has 2 N–H and O–H groups in total. The van der Waals surface area contributed by atoms with E-state index in [2.05, 4.69) is 48.4 Å². The van der Waals surface area contributed by atoms with Crippen molar-refractivity contribution in [3.63, 3.8) is 0 Å². The van der Waals surface area contributed by atoms with Crippen molar-refractivity contribution in [1.29, 1.82) is 0 Å². The summed E-state index contributed by atoms with van der Waals surface area (Å²) in [5.74, 6) is 0.612. The van der Waals surface area contributed by atoms with Gasteiger partial charge in [-0.25, -0.2) is 0 Å². The molecule has 0 unspecified atom stereocenters. The van der Waals surface area contributed by atoms with Gasteiger partial charge in [-0.15, -0.1) is 0 Å². The maximum Gasteiger partial charge on any atom is 0.0591 e. The first-order valence-electron chi connectivity index (χ1n) is 6.60. The first-order valence-corrected chi connectivity index (χ1v) is 6.60. The molecule has 0 bridgehead atoms. The average Bonchev–Trinajstić information content (AvgIpc) is 2.80. The van der Waals surface area contributed by atoms with E-state index in [9.17, 15) is 0 Å². The lowest BCUT2D eigenvalue weighted by molar-refractivity contribution is 0.111. The van der Waals surface area contributed by atoms with Crippen molar-refractivity contribution < 1.29 is 4.74 Å². The summed E-state index contributed by atoms with van der Waals surface area (Å²) in [7, 11) is 0. The van der Waals surface area contributed by atoms with Crippen LogP contribution in [-0.2, 0) is 11.3 Å². The predicted molar refractivity (Wildman–Crippen MR) is 75.7 cm³/mol. The van der Waals surface area contributed by atoms with E-state index in [0.29, 0.717) is 5.92 Å². The Kier molecular flexibility index (Phi) is 4.79. The SMILES string of the molecule is CC(C)COCCNCc1ccc2[nH]ccc2c1. The highest BCUT2D eigenvalue weighted by atomic mass is 16.5. The zero-order chi connectivity index (χ0) is 12.8. The van der Waals surface area contributed by atoms with Crippen LogP contribution in [0.1, 0.15) is 19.4 Å². The van der Waals surface area contributed by atoms with E-state index < -0.39 is 0 Å². The molecule has 0 saturated heterocycles. The molecule has 0 radical (unpaired) electrons. The molecule has 0 saturated carbocycles. The van der Waals surface area contributed by atoms with Crippen LogP contribution in [0.4, 0.5) is 0 Å². The molecule has 1 aromatic heterocycles. The number of hydrogen-bond donors (Lipinski definition) is 2. The van der Waals surface area contributed by atoms with Crippen LogP contribution in [0.15, 0.2) is 30.5 Å². The fourth-order valence-corrected chi connectivity index (χ4v) is 1.91. The topological polar surface area (TPSA) is 37.0 Å². The van der Waals surface area contributed by atoms with Gasteiger partial charge in [0.15, 0.2) is 0 Å². The normalized spacial score (nSPS) is 11.5. The van der Waals surface area contributed by atoms with Crippen molar-refractivity contribution in [2.45, 2.75) is 20.4 Å². The highest BCUT2D eigenvalue weighted by Crippen LogP contribution is 2.13. The van der Waals surface area contributed by atoms with E-state index in [1.54, 1.807) is 0 Å². The van der Waals surface area contributed by atoms with E-state index in [1.807, 2.05) is 6.20 Å². The minimum Gasteiger partial charge on any atom is -0.380 e. The molecular formula is C15H22N2O. The number of benzene rings is 1. The van der Waals surface area contributed by atoms with E-state index in [1.165, 1.54) is 16.5 Å². The van der Waals surface area contributed by atoms with Gasteiger partial charge >= 0.3 is 0 Å². The summed E-state index contributed by atoms with van der Waals surface area (Å²) in [4.78, 5) is 3.20. The first-order chi connectivity index (χ1) is 8.75. The molecule has 0 aliphatic carbocycles. The van der Waals surface area contributed by atoms with E-state index in [4.69, 9.17) is 4.74 Å². The number of nitrogens with one attached hydrogen (secondary N) is 2. The molecule has 1 aromatic carbocycles. The summed E-state index contributed by atoms with van der Waals surface area (Å²) in [6, 6.07) is 8.60. The predicted octanol–water partition coefficient (Wildman–Crippen LogP) is 2.93. The van der Waals surface area contributed by atoms with E-state index >= 15 is 0 Å². The van der Waals surface area contributed by atoms with Gasteiger partial charge in [0, 0.05) is 31.4 Å². The Hall–Kier alpha value is -1.32. The van der Waals surface area contributed by atoms with Crippen LogP contribution < -0.4 is 5.32 Å². The number of aromatic amines is 1. The lowest BCUT2D eigenvalue weighted by Crippen LogP contribution is -2.20. The third kappa shape index (κ3) is 3.86. The number of aromatic nitrogens is 1. The Morgan fingerprint density at radius 3 is 3.00 bits per heavy atom. The molecule has 1 heterocycles. The Bertz CT molecular complexity index is 476. The smallest absolute Gasteiger partial charge is 0.0591 e. The van der Waals surface area contributed by atoms with Crippen LogP contribution in [0.5, 0.6) is 0 Å². The van der Waals surface area contributed by atoms with Gasteiger partial charge in [0.2, 0.25) is 0 Å². The van der Waals surface area contributed by atoms with Gasteiger partial charge in [0.05, 0.1) is 6.61 Å². The third-order valence-corrected chi connectivity index (χ3v) is 2.82. The van der Waals surface area contributed by atoms with Crippen LogP contribution in [0.2, 0.25) is 0 Å².